The van der Waals surface area contributed by atoms with Gasteiger partial charge in [0.05, 0.1) is 26.1 Å². The summed E-state index contributed by atoms with van der Waals surface area (Å²) in [5, 5.41) is 0. The Balaban J connectivity index is 3.37. The van der Waals surface area contributed by atoms with Crippen molar-refractivity contribution in [1.82, 2.24) is 0 Å². The van der Waals surface area contributed by atoms with Gasteiger partial charge in [0.15, 0.2) is 0 Å². The molecule has 0 aromatic rings. The first-order chi connectivity index (χ1) is 9.70. The van der Waals surface area contributed by atoms with Crippen LogP contribution in [0.1, 0.15) is 78.1 Å². The number of hydrogen-bond acceptors (Lipinski definition) is 4. The molecular formula is C16H30O4. The van der Waals surface area contributed by atoms with Gasteiger partial charge in [0.1, 0.15) is 0 Å². The first kappa shape index (κ1) is 18.9. The van der Waals surface area contributed by atoms with Crippen LogP contribution in [0, 0.1) is 0 Å². The molecule has 0 unspecified atom stereocenters. The second-order valence-electron chi connectivity index (χ2n) is 5.06. The summed E-state index contributed by atoms with van der Waals surface area (Å²) < 4.78 is 10.1. The van der Waals surface area contributed by atoms with E-state index >= 15 is 0 Å². The first-order valence-corrected chi connectivity index (χ1v) is 8.02. The molecule has 118 valence electrons. The summed E-state index contributed by atoms with van der Waals surface area (Å²) in [5.74, 6) is -0.603. The Labute approximate surface area is 123 Å². The first-order valence-electron chi connectivity index (χ1n) is 8.02. The standard InChI is InChI=1S/C16H30O4/c1-3-5-7-9-13-19-15(17)11-12-16(18)20-14-10-8-6-4-2/h3-14H2,1-2H3. The third kappa shape index (κ3) is 13.4. The predicted molar refractivity (Wildman–Crippen MR) is 79.4 cm³/mol. The number of hydrogen-bond donors (Lipinski definition) is 0. The molecule has 20 heavy (non-hydrogen) atoms. The zero-order valence-electron chi connectivity index (χ0n) is 13.1. The highest BCUT2D eigenvalue weighted by atomic mass is 16.5. The van der Waals surface area contributed by atoms with Crippen LogP contribution in [0.4, 0.5) is 0 Å². The Hall–Kier alpha value is -1.06. The van der Waals surface area contributed by atoms with Gasteiger partial charge >= 0.3 is 11.9 Å². The summed E-state index contributed by atoms with van der Waals surface area (Å²) in [6.07, 6.45) is 8.90. The van der Waals surface area contributed by atoms with Crippen LogP contribution in [0.15, 0.2) is 0 Å². The van der Waals surface area contributed by atoms with Crippen molar-refractivity contribution in [2.45, 2.75) is 78.1 Å². The van der Waals surface area contributed by atoms with Crippen molar-refractivity contribution in [3.63, 3.8) is 0 Å². The van der Waals surface area contributed by atoms with E-state index < -0.39 is 0 Å². The van der Waals surface area contributed by atoms with E-state index in [1.165, 1.54) is 12.8 Å². The number of esters is 2. The highest BCUT2D eigenvalue weighted by Crippen LogP contribution is 2.03. The van der Waals surface area contributed by atoms with Gasteiger partial charge < -0.3 is 9.47 Å². The van der Waals surface area contributed by atoms with E-state index in [9.17, 15) is 9.59 Å². The Morgan fingerprint density at radius 2 is 1.05 bits per heavy atom. The van der Waals surface area contributed by atoms with Crippen molar-refractivity contribution in [2.24, 2.45) is 0 Å². The molecule has 0 aliphatic heterocycles. The zero-order valence-corrected chi connectivity index (χ0v) is 13.1. The summed E-state index contributed by atoms with van der Waals surface area (Å²) in [5.41, 5.74) is 0. The summed E-state index contributed by atoms with van der Waals surface area (Å²) in [6.45, 7) is 5.20. The van der Waals surface area contributed by atoms with Gasteiger partial charge in [0, 0.05) is 0 Å². The van der Waals surface area contributed by atoms with Gasteiger partial charge in [-0.1, -0.05) is 52.4 Å². The van der Waals surface area contributed by atoms with Crippen molar-refractivity contribution < 1.29 is 19.1 Å². The van der Waals surface area contributed by atoms with Gasteiger partial charge in [-0.2, -0.15) is 0 Å². The van der Waals surface area contributed by atoms with E-state index in [1.54, 1.807) is 0 Å². The van der Waals surface area contributed by atoms with Crippen LogP contribution in [-0.2, 0) is 19.1 Å². The SMILES string of the molecule is CCCCCCOC(=O)CCC(=O)OCCCCCC. The third-order valence-corrected chi connectivity index (χ3v) is 3.06. The lowest BCUT2D eigenvalue weighted by atomic mass is 10.2. The molecule has 0 bridgehead atoms. The molecule has 0 saturated carbocycles. The highest BCUT2D eigenvalue weighted by Gasteiger charge is 2.08. The van der Waals surface area contributed by atoms with Crippen LogP contribution < -0.4 is 0 Å². The molecule has 4 heteroatoms. The topological polar surface area (TPSA) is 52.6 Å². The average Bonchev–Trinajstić information content (AvgIpc) is 2.44. The summed E-state index contributed by atoms with van der Waals surface area (Å²) >= 11 is 0. The molecule has 0 aliphatic rings. The van der Waals surface area contributed by atoms with E-state index in [0.717, 1.165) is 38.5 Å². The summed E-state index contributed by atoms with van der Waals surface area (Å²) in [6, 6.07) is 0. The van der Waals surface area contributed by atoms with Gasteiger partial charge in [-0.3, -0.25) is 9.59 Å². The second kappa shape index (κ2) is 14.4. The lowest BCUT2D eigenvalue weighted by Gasteiger charge is -2.05. The summed E-state index contributed by atoms with van der Waals surface area (Å²) in [4.78, 5) is 22.7. The highest BCUT2D eigenvalue weighted by molar-refractivity contribution is 5.77. The van der Waals surface area contributed by atoms with Crippen molar-refractivity contribution in [2.75, 3.05) is 13.2 Å². The Morgan fingerprint density at radius 3 is 1.40 bits per heavy atom. The Morgan fingerprint density at radius 1 is 0.650 bits per heavy atom. The maximum Gasteiger partial charge on any atom is 0.306 e. The van der Waals surface area contributed by atoms with Gasteiger partial charge in [-0.15, -0.1) is 0 Å². The minimum absolute atomic E-state index is 0.127. The van der Waals surface area contributed by atoms with E-state index in [-0.39, 0.29) is 24.8 Å². The number of rotatable bonds is 13. The molecule has 0 atom stereocenters. The van der Waals surface area contributed by atoms with E-state index in [4.69, 9.17) is 9.47 Å². The number of carbonyl (C=O) groups is 2. The molecule has 0 amide bonds. The number of carbonyl (C=O) groups excluding carboxylic acids is 2. The van der Waals surface area contributed by atoms with E-state index in [0.29, 0.717) is 13.2 Å². The molecule has 4 nitrogen and oxygen atoms in total. The second-order valence-corrected chi connectivity index (χ2v) is 5.06. The average molecular weight is 286 g/mol. The van der Waals surface area contributed by atoms with Crippen LogP contribution in [-0.4, -0.2) is 25.2 Å². The minimum atomic E-state index is -0.301. The Bertz CT molecular complexity index is 225. The molecule has 0 radical (unpaired) electrons. The molecule has 0 N–H and O–H groups in total. The van der Waals surface area contributed by atoms with Crippen LogP contribution in [0.25, 0.3) is 0 Å². The van der Waals surface area contributed by atoms with Crippen LogP contribution in [0.3, 0.4) is 0 Å². The maximum absolute atomic E-state index is 11.4. The fourth-order valence-corrected chi connectivity index (χ4v) is 1.78. The monoisotopic (exact) mass is 286 g/mol. The number of unbranched alkanes of at least 4 members (excludes halogenated alkanes) is 6. The molecule has 0 spiro atoms. The molecule has 0 aromatic carbocycles. The molecule has 0 aliphatic carbocycles. The van der Waals surface area contributed by atoms with E-state index in [1.807, 2.05) is 0 Å². The molecule has 0 rings (SSSR count). The fourth-order valence-electron chi connectivity index (χ4n) is 1.78. The van der Waals surface area contributed by atoms with Crippen molar-refractivity contribution in [3.05, 3.63) is 0 Å². The molecule has 0 fully saturated rings. The minimum Gasteiger partial charge on any atom is -0.466 e. The quantitative estimate of drug-likeness (QED) is 0.379. The van der Waals surface area contributed by atoms with E-state index in [2.05, 4.69) is 13.8 Å². The van der Waals surface area contributed by atoms with Gasteiger partial charge in [0.25, 0.3) is 0 Å². The van der Waals surface area contributed by atoms with Gasteiger partial charge in [0.2, 0.25) is 0 Å². The normalized spacial score (nSPS) is 10.3. The number of ether oxygens (including phenoxy) is 2. The van der Waals surface area contributed by atoms with Crippen LogP contribution in [0.5, 0.6) is 0 Å². The molecule has 0 aromatic heterocycles. The fraction of sp³-hybridized carbons (Fsp3) is 0.875. The van der Waals surface area contributed by atoms with Gasteiger partial charge in [-0.05, 0) is 12.8 Å². The van der Waals surface area contributed by atoms with Crippen molar-refractivity contribution in [1.29, 1.82) is 0 Å². The van der Waals surface area contributed by atoms with Crippen molar-refractivity contribution >= 4 is 11.9 Å². The lowest BCUT2D eigenvalue weighted by molar-refractivity contribution is -0.150. The molecular weight excluding hydrogens is 256 g/mol. The maximum atomic E-state index is 11.4. The third-order valence-electron chi connectivity index (χ3n) is 3.06. The van der Waals surface area contributed by atoms with Crippen molar-refractivity contribution in [3.8, 4) is 0 Å². The van der Waals surface area contributed by atoms with Gasteiger partial charge in [-0.25, -0.2) is 0 Å². The molecule has 0 saturated heterocycles. The zero-order chi connectivity index (χ0) is 15.1. The molecule has 0 heterocycles. The predicted octanol–water partition coefficient (Wildman–Crippen LogP) is 4.01. The lowest BCUT2D eigenvalue weighted by Crippen LogP contribution is -2.11. The smallest absolute Gasteiger partial charge is 0.306 e. The van der Waals surface area contributed by atoms with Crippen LogP contribution in [0.2, 0.25) is 0 Å². The Kier molecular flexibility index (Phi) is 13.6. The summed E-state index contributed by atoms with van der Waals surface area (Å²) in [7, 11) is 0. The largest absolute Gasteiger partial charge is 0.466 e. The van der Waals surface area contributed by atoms with Crippen LogP contribution >= 0.6 is 0 Å².